The number of nitrogens with one attached hydrogen (secondary N) is 4. The number of amides is 4. The van der Waals surface area contributed by atoms with Crippen molar-refractivity contribution in [2.45, 2.75) is 142 Å². The summed E-state index contributed by atoms with van der Waals surface area (Å²) in [6, 6.07) is 6.95. The monoisotopic (exact) mass is 1100 g/mol. The molecule has 0 spiro atoms. The van der Waals surface area contributed by atoms with Crippen molar-refractivity contribution < 1.29 is 54.8 Å². The number of rotatable bonds is 24. The molecular weight excluding hydrogens is 1020 g/mol. The number of hydrogen-bond acceptors (Lipinski definition) is 19. The fourth-order valence-corrected chi connectivity index (χ4v) is 14.7. The van der Waals surface area contributed by atoms with Crippen LogP contribution in [0, 0.1) is 0 Å². The maximum atomic E-state index is 13.8. The van der Waals surface area contributed by atoms with E-state index in [0.717, 1.165) is 15.6 Å². The van der Waals surface area contributed by atoms with E-state index in [0.29, 0.717) is 47.5 Å². The molecule has 73 heavy (non-hydrogen) atoms. The molecule has 0 unspecified atom stereocenters. The number of sulfonamides is 1. The highest BCUT2D eigenvalue weighted by Crippen LogP contribution is 2.55. The Hall–Kier alpha value is -4.61. The van der Waals surface area contributed by atoms with Crippen LogP contribution >= 0.6 is 26.5 Å². The van der Waals surface area contributed by atoms with Crippen LogP contribution in [-0.4, -0.2) is 146 Å². The molecule has 4 N–H and O–H groups in total. The van der Waals surface area contributed by atoms with E-state index in [9.17, 15) is 36.7 Å². The van der Waals surface area contributed by atoms with Gasteiger partial charge in [0.2, 0.25) is 28.0 Å². The third-order valence-corrected chi connectivity index (χ3v) is 17.9. The Morgan fingerprint density at radius 2 is 1.23 bits per heavy atom. The van der Waals surface area contributed by atoms with E-state index in [1.54, 1.807) is 107 Å². The predicted octanol–water partition coefficient (Wildman–Crippen LogP) is 6.76. The molecule has 1 saturated heterocycles. The second-order valence-electron chi connectivity index (χ2n) is 21.4. The lowest BCUT2D eigenvalue weighted by Gasteiger charge is -2.33. The van der Waals surface area contributed by atoms with Crippen LogP contribution in [0.3, 0.4) is 0 Å². The van der Waals surface area contributed by atoms with E-state index in [-0.39, 0.29) is 85.6 Å². The number of hydrogen-bond donors (Lipinski definition) is 4. The highest BCUT2D eigenvalue weighted by atomic mass is 32.2. The van der Waals surface area contributed by atoms with Gasteiger partial charge in [0, 0.05) is 45.6 Å². The van der Waals surface area contributed by atoms with Gasteiger partial charge in [0.05, 0.1) is 57.8 Å². The molecule has 0 saturated carbocycles. The molecule has 23 nitrogen and oxygen atoms in total. The van der Waals surface area contributed by atoms with Crippen molar-refractivity contribution in [3.05, 3.63) is 30.6 Å². The van der Waals surface area contributed by atoms with Gasteiger partial charge in [-0.2, -0.15) is 18.4 Å². The molecule has 1 fully saturated rings. The summed E-state index contributed by atoms with van der Waals surface area (Å²) in [7, 11) is -11.5. The Kier molecular flexibility index (Phi) is 19.4. The summed E-state index contributed by atoms with van der Waals surface area (Å²) in [6.07, 6.45) is 1.96. The lowest BCUT2D eigenvalue weighted by molar-refractivity contribution is -0.142. The topological polar surface area (TPSA) is 285 Å². The van der Waals surface area contributed by atoms with Crippen molar-refractivity contribution in [3.8, 4) is 0 Å². The number of carbonyl (C=O) groups excluding carboxylic acids is 4. The van der Waals surface area contributed by atoms with Gasteiger partial charge >= 0.3 is 15.2 Å². The molecule has 5 rings (SSSR count). The third kappa shape index (κ3) is 18.6. The Morgan fingerprint density at radius 1 is 0.712 bits per heavy atom. The number of thiazole rings is 1. The Bertz CT molecular complexity index is 2740. The number of imidazole rings is 1. The van der Waals surface area contributed by atoms with Crippen molar-refractivity contribution in [3.63, 3.8) is 0 Å². The van der Waals surface area contributed by atoms with E-state index in [1.165, 1.54) is 15.8 Å². The van der Waals surface area contributed by atoms with Crippen LogP contribution < -0.4 is 21.3 Å². The lowest BCUT2D eigenvalue weighted by atomic mass is 10.2. The summed E-state index contributed by atoms with van der Waals surface area (Å²) in [5.41, 5.74) is -1.91. The van der Waals surface area contributed by atoms with Gasteiger partial charge in [-0.1, -0.05) is 12.1 Å². The minimum atomic E-state index is -4.25. The van der Waals surface area contributed by atoms with Gasteiger partial charge in [0.25, 0.3) is 15.9 Å². The van der Waals surface area contributed by atoms with Gasteiger partial charge in [0.15, 0.2) is 17.0 Å². The van der Waals surface area contributed by atoms with Gasteiger partial charge in [-0.05, 0) is 108 Å². The van der Waals surface area contributed by atoms with E-state index in [1.807, 2.05) is 0 Å². The quantitative estimate of drug-likeness (QED) is 0.0416. The number of para-hydroxylation sites is 1. The standard InChI is InChI=1S/C46H73N11O12P2S2/c1-43(2,3)66-70(62,67-44(4,5)6)27-19-34(58)47-21-15-23-49-39-38-40(54-41(53-39)50-24-16-22-48-35(59)20-28-71(63,68-45(7,8)9)69-46(10,11)12)56(31-51-38)29-36(60)55-25-26-57(37(61)30-55)73(64,65)42-52-32-17-13-14-18-33(32)72-42/h13-14,17-18,31H,15-16,19-30H2,1-12H3,(H,47,58)(H,48,59)(H2,49,50,53,54). The largest absolute Gasteiger partial charge is 0.368 e. The smallest absolute Gasteiger partial charge is 0.332 e. The molecule has 0 atom stereocenters. The summed E-state index contributed by atoms with van der Waals surface area (Å²) in [6.45, 7) is 21.3. The number of carbonyl (C=O) groups is 4. The molecule has 1 aliphatic rings. The molecular formula is C46H73N11O12P2S2. The summed E-state index contributed by atoms with van der Waals surface area (Å²) in [5, 5.41) is 12.1. The molecule has 4 aromatic rings. The number of nitrogens with zero attached hydrogens (tertiary/aromatic N) is 7. The first-order valence-corrected chi connectivity index (χ1v) is 29.9. The van der Waals surface area contributed by atoms with Gasteiger partial charge in [-0.3, -0.25) is 28.3 Å². The van der Waals surface area contributed by atoms with Crippen LogP contribution in [0.15, 0.2) is 34.9 Å². The zero-order valence-electron chi connectivity index (χ0n) is 44.0. The van der Waals surface area contributed by atoms with Crippen molar-refractivity contribution in [2.75, 3.05) is 68.8 Å². The molecule has 0 aliphatic carbocycles. The van der Waals surface area contributed by atoms with Crippen molar-refractivity contribution in [2.24, 2.45) is 0 Å². The second-order valence-corrected chi connectivity index (χ2v) is 28.6. The molecule has 406 valence electrons. The van der Waals surface area contributed by atoms with E-state index >= 15 is 0 Å². The molecule has 3 aromatic heterocycles. The molecule has 27 heteroatoms. The summed E-state index contributed by atoms with van der Waals surface area (Å²) >= 11 is 0.967. The van der Waals surface area contributed by atoms with Gasteiger partial charge in [-0.25, -0.2) is 14.3 Å². The Morgan fingerprint density at radius 3 is 1.74 bits per heavy atom. The number of aromatic nitrogens is 5. The van der Waals surface area contributed by atoms with Gasteiger partial charge < -0.3 is 48.8 Å². The number of benzene rings is 1. The number of fused-ring (bicyclic) bond motifs is 2. The molecule has 4 heterocycles. The zero-order chi connectivity index (χ0) is 54.2. The fourth-order valence-electron chi connectivity index (χ4n) is 7.27. The summed E-state index contributed by atoms with van der Waals surface area (Å²) < 4.78 is 80.1. The fraction of sp³-hybridized carbons (Fsp3) is 0.652. The van der Waals surface area contributed by atoms with Crippen LogP contribution in [0.25, 0.3) is 21.4 Å². The Balaban J connectivity index is 1.22. The second kappa shape index (κ2) is 23.9. The average Bonchev–Trinajstić information content (AvgIpc) is 3.87. The SMILES string of the molecule is CC(C)(C)OP(=O)(CCC(=O)NCCCNc1nc(NCCCNC(=O)CCP(=O)(OC(C)(C)C)OC(C)(C)C)c2ncn(CC(=O)N3CCN(S(=O)(=O)c4nc5ccccc5s4)C(=O)C3)c2n1)OC(C)(C)C. The molecule has 4 amide bonds. The lowest BCUT2D eigenvalue weighted by Crippen LogP contribution is -2.54. The van der Waals surface area contributed by atoms with Crippen LogP contribution in [0.4, 0.5) is 11.8 Å². The van der Waals surface area contributed by atoms with E-state index < -0.39 is 66.0 Å². The number of piperazine rings is 1. The van der Waals surface area contributed by atoms with E-state index in [2.05, 4.69) is 41.2 Å². The first kappa shape index (κ1) is 59.3. The normalized spacial score (nSPS) is 14.5. The maximum absolute atomic E-state index is 13.8. The first-order chi connectivity index (χ1) is 33.7. The van der Waals surface area contributed by atoms with E-state index in [4.69, 9.17) is 18.1 Å². The third-order valence-electron chi connectivity index (χ3n) is 9.89. The highest BCUT2D eigenvalue weighted by Gasteiger charge is 2.39. The van der Waals surface area contributed by atoms with Crippen molar-refractivity contribution in [1.29, 1.82) is 0 Å². The van der Waals surface area contributed by atoms with Crippen LogP contribution in [0.1, 0.15) is 109 Å². The van der Waals surface area contributed by atoms with Gasteiger partial charge in [0.1, 0.15) is 13.1 Å². The predicted molar refractivity (Wildman–Crippen MR) is 280 cm³/mol. The van der Waals surface area contributed by atoms with Crippen LogP contribution in [-0.2, 0) is 63.0 Å². The molecule has 0 radical (unpaired) electrons. The summed E-state index contributed by atoms with van der Waals surface area (Å²) in [5.74, 6) is -1.40. The zero-order valence-corrected chi connectivity index (χ0v) is 47.4. The minimum Gasteiger partial charge on any atom is -0.368 e. The van der Waals surface area contributed by atoms with Gasteiger partial charge in [-0.15, -0.1) is 11.3 Å². The highest BCUT2D eigenvalue weighted by molar-refractivity contribution is 7.91. The van der Waals surface area contributed by atoms with Crippen molar-refractivity contribution in [1.82, 2.24) is 44.3 Å². The first-order valence-electron chi connectivity index (χ1n) is 24.2. The van der Waals surface area contributed by atoms with Crippen LogP contribution in [0.2, 0.25) is 0 Å². The van der Waals surface area contributed by atoms with Crippen LogP contribution in [0.5, 0.6) is 0 Å². The van der Waals surface area contributed by atoms with Crippen molar-refractivity contribution >= 4 is 93.3 Å². The molecule has 1 aromatic carbocycles. The summed E-state index contributed by atoms with van der Waals surface area (Å²) in [4.78, 5) is 72.1. The Labute approximate surface area is 432 Å². The minimum absolute atomic E-state index is 0.0492. The molecule has 0 bridgehead atoms. The number of anilines is 2. The maximum Gasteiger partial charge on any atom is 0.332 e. The average molecular weight is 1100 g/mol. The molecule has 1 aliphatic heterocycles.